The molecule has 4 atom stereocenters. The van der Waals surface area contributed by atoms with Gasteiger partial charge in [0.1, 0.15) is 25.3 Å². The smallest absolute Gasteiger partial charge is 0.407 e. The van der Waals surface area contributed by atoms with Gasteiger partial charge in [-0.25, -0.2) is 14.4 Å². The molecule has 0 spiro atoms. The summed E-state index contributed by atoms with van der Waals surface area (Å²) in [5, 5.41) is 8.39. The van der Waals surface area contributed by atoms with Crippen LogP contribution in [0.2, 0.25) is 0 Å². The summed E-state index contributed by atoms with van der Waals surface area (Å²) in [7, 11) is 1.63. The van der Waals surface area contributed by atoms with Gasteiger partial charge in [0.05, 0.1) is 0 Å². The van der Waals surface area contributed by atoms with E-state index in [0.29, 0.717) is 25.8 Å². The molecule has 0 radical (unpaired) electrons. The minimum atomic E-state index is -1.21. The van der Waals surface area contributed by atoms with Crippen LogP contribution in [0.3, 0.4) is 0 Å². The second kappa shape index (κ2) is 20.3. The predicted octanol–water partition coefficient (Wildman–Crippen LogP) is 5.67. The van der Waals surface area contributed by atoms with Crippen molar-refractivity contribution in [3.05, 3.63) is 95.6 Å². The van der Waals surface area contributed by atoms with Crippen LogP contribution in [0.1, 0.15) is 76.5 Å². The summed E-state index contributed by atoms with van der Waals surface area (Å²) in [6.07, 6.45) is -1.34. The van der Waals surface area contributed by atoms with E-state index >= 15 is 0 Å². The first-order valence-electron chi connectivity index (χ1n) is 18.6. The van der Waals surface area contributed by atoms with Crippen LogP contribution in [-0.2, 0) is 44.7 Å². The largest absolute Gasteiger partial charge is 0.458 e. The van der Waals surface area contributed by atoms with E-state index in [1.807, 2.05) is 42.5 Å². The van der Waals surface area contributed by atoms with Crippen molar-refractivity contribution in [3.8, 4) is 11.1 Å². The van der Waals surface area contributed by atoms with Gasteiger partial charge in [-0.2, -0.15) is 0 Å². The minimum absolute atomic E-state index is 0.0269. The molecule has 1 aliphatic rings. The number of likely N-dealkylation sites (N-methyl/N-ethyl adjacent to an activating group) is 1. The van der Waals surface area contributed by atoms with Crippen molar-refractivity contribution in [1.82, 2.24) is 16.0 Å². The molecule has 4 unspecified atom stereocenters. The Bertz CT molecular complexity index is 1680. The van der Waals surface area contributed by atoms with Crippen LogP contribution in [-0.4, -0.2) is 74.4 Å². The van der Waals surface area contributed by atoms with Gasteiger partial charge < -0.3 is 34.9 Å². The first-order valence-corrected chi connectivity index (χ1v) is 18.6. The second-order valence-electron chi connectivity index (χ2n) is 14.1. The number of amides is 2. The lowest BCUT2D eigenvalue weighted by Gasteiger charge is -2.27. The van der Waals surface area contributed by atoms with Gasteiger partial charge in [-0.05, 0) is 72.9 Å². The van der Waals surface area contributed by atoms with Crippen LogP contribution in [0.15, 0.2) is 78.9 Å². The summed E-state index contributed by atoms with van der Waals surface area (Å²) in [6, 6.07) is 23.6. The Kier molecular flexibility index (Phi) is 15.6. The lowest BCUT2D eigenvalue weighted by Crippen LogP contribution is -2.52. The van der Waals surface area contributed by atoms with Crippen LogP contribution in [0, 0.1) is 11.8 Å². The predicted molar refractivity (Wildman–Crippen MR) is 203 cm³/mol. The van der Waals surface area contributed by atoms with Gasteiger partial charge >= 0.3 is 24.0 Å². The summed E-state index contributed by atoms with van der Waals surface area (Å²) >= 11 is 0. The van der Waals surface area contributed by atoms with Crippen LogP contribution >= 0.6 is 0 Å². The number of benzene rings is 3. The van der Waals surface area contributed by atoms with Crippen molar-refractivity contribution in [3.63, 3.8) is 0 Å². The van der Waals surface area contributed by atoms with Gasteiger partial charge in [0, 0.05) is 12.5 Å². The third kappa shape index (κ3) is 11.4. The number of carbonyl (C=O) groups is 5. The summed E-state index contributed by atoms with van der Waals surface area (Å²) < 4.78 is 21.9. The van der Waals surface area contributed by atoms with Crippen molar-refractivity contribution >= 4 is 29.9 Å². The van der Waals surface area contributed by atoms with E-state index in [4.69, 9.17) is 18.9 Å². The van der Waals surface area contributed by atoms with Crippen molar-refractivity contribution < 1.29 is 42.9 Å². The Hall–Kier alpha value is -5.23. The zero-order valence-corrected chi connectivity index (χ0v) is 32.0. The molecule has 4 rings (SSSR count). The summed E-state index contributed by atoms with van der Waals surface area (Å²) in [4.78, 5) is 64.7. The topological polar surface area (TPSA) is 158 Å². The maximum Gasteiger partial charge on any atom is 0.407 e. The van der Waals surface area contributed by atoms with Crippen LogP contribution in [0.25, 0.3) is 11.1 Å². The van der Waals surface area contributed by atoms with E-state index in [1.165, 1.54) is 6.92 Å². The third-order valence-corrected chi connectivity index (χ3v) is 9.34. The van der Waals surface area contributed by atoms with Gasteiger partial charge in [0.2, 0.25) is 0 Å². The molecular weight excluding hydrogens is 690 g/mol. The number of hydrogen-bond acceptors (Lipinski definition) is 10. The fourth-order valence-electron chi connectivity index (χ4n) is 6.27. The molecule has 3 aromatic carbocycles. The Balaban J connectivity index is 1.19. The van der Waals surface area contributed by atoms with Gasteiger partial charge in [-0.1, -0.05) is 107 Å². The maximum absolute atomic E-state index is 13.4. The van der Waals surface area contributed by atoms with Gasteiger partial charge in [-0.3, -0.25) is 9.59 Å². The van der Waals surface area contributed by atoms with E-state index < -0.39 is 66.0 Å². The number of rotatable bonds is 19. The van der Waals surface area contributed by atoms with Gasteiger partial charge in [0.25, 0.3) is 5.91 Å². The highest BCUT2D eigenvalue weighted by Gasteiger charge is 2.35. The molecule has 1 aliphatic carbocycles. The molecular formula is C42H53N3O9. The average Bonchev–Trinajstić information content (AvgIpc) is 3.48. The number of carbonyl (C=O) groups excluding carboxylic acids is 5. The normalized spacial score (nSPS) is 14.2. The van der Waals surface area contributed by atoms with Crippen molar-refractivity contribution in [2.24, 2.45) is 11.8 Å². The van der Waals surface area contributed by atoms with E-state index in [0.717, 1.165) is 27.8 Å². The first kappa shape index (κ1) is 41.5. The molecule has 3 N–H and O–H groups in total. The monoisotopic (exact) mass is 743 g/mol. The van der Waals surface area contributed by atoms with E-state index in [1.54, 1.807) is 46.9 Å². The summed E-state index contributed by atoms with van der Waals surface area (Å²) in [5.41, 5.74) is 5.38. The molecule has 0 heterocycles. The fourth-order valence-corrected chi connectivity index (χ4v) is 6.27. The second-order valence-corrected chi connectivity index (χ2v) is 14.1. The van der Waals surface area contributed by atoms with Crippen molar-refractivity contribution in [1.29, 1.82) is 0 Å². The molecule has 12 heteroatoms. The number of fused-ring (bicyclic) bond motifs is 3. The number of unbranched alkanes of at least 4 members (excludes halogenated alkanes) is 1. The Morgan fingerprint density at radius 3 is 1.89 bits per heavy atom. The molecule has 290 valence electrons. The van der Waals surface area contributed by atoms with Crippen LogP contribution in [0.4, 0.5) is 4.79 Å². The zero-order chi connectivity index (χ0) is 39.2. The molecule has 2 amide bonds. The Labute approximate surface area is 317 Å². The van der Waals surface area contributed by atoms with E-state index in [2.05, 4.69) is 40.2 Å². The fraction of sp³-hybridized carbons (Fsp3) is 0.452. The lowest BCUT2D eigenvalue weighted by molar-refractivity contribution is -0.170. The molecule has 0 bridgehead atoms. The van der Waals surface area contributed by atoms with Gasteiger partial charge in [-0.15, -0.1) is 0 Å². The molecule has 0 aliphatic heterocycles. The standard InChI is InChI=1S/C42H53N3O9/c1-26(2)36(41(49)53-28(5)39(47)51-24-29-16-8-7-9-17-29)45-38(46)37(27(3)4)54-40(48)35(43-6)22-14-15-23-44-42(50)52-25-34-32-20-12-10-18-30(32)31-19-11-13-21-33(31)34/h7-13,16-21,26-28,34-37,43H,14-15,22-25H2,1-6H3,(H,44,50)(H,45,46). The number of ether oxygens (including phenoxy) is 4. The summed E-state index contributed by atoms with van der Waals surface area (Å²) in [6.45, 7) is 8.91. The molecule has 0 fully saturated rings. The number of esters is 3. The molecule has 0 aromatic heterocycles. The number of nitrogens with one attached hydrogen (secondary N) is 3. The Morgan fingerprint density at radius 2 is 1.30 bits per heavy atom. The van der Waals surface area contributed by atoms with Crippen molar-refractivity contribution in [2.75, 3.05) is 20.2 Å². The third-order valence-electron chi connectivity index (χ3n) is 9.34. The molecule has 0 saturated carbocycles. The molecule has 0 saturated heterocycles. The molecule has 3 aromatic rings. The quantitative estimate of drug-likeness (QED) is 0.0794. The Morgan fingerprint density at radius 1 is 0.685 bits per heavy atom. The highest BCUT2D eigenvalue weighted by atomic mass is 16.6. The van der Waals surface area contributed by atoms with Crippen molar-refractivity contribution in [2.45, 2.75) is 90.7 Å². The highest BCUT2D eigenvalue weighted by Crippen LogP contribution is 2.44. The SMILES string of the molecule is CNC(CCCCNC(=O)OCC1c2ccccc2-c2ccccc21)C(=O)OC(C(=O)NC(C(=O)OC(C)C(=O)OCc1ccccc1)C(C)C)C(C)C. The van der Waals surface area contributed by atoms with E-state index in [9.17, 15) is 24.0 Å². The number of alkyl carbamates (subject to hydrolysis) is 1. The zero-order valence-electron chi connectivity index (χ0n) is 32.0. The van der Waals surface area contributed by atoms with E-state index in [-0.39, 0.29) is 19.1 Å². The molecule has 12 nitrogen and oxygen atoms in total. The first-order chi connectivity index (χ1) is 25.9. The number of hydrogen-bond donors (Lipinski definition) is 3. The average molecular weight is 744 g/mol. The molecule has 54 heavy (non-hydrogen) atoms. The lowest BCUT2D eigenvalue weighted by atomic mass is 9.98. The highest BCUT2D eigenvalue weighted by molar-refractivity contribution is 5.90. The van der Waals surface area contributed by atoms with Crippen LogP contribution < -0.4 is 16.0 Å². The maximum atomic E-state index is 13.4. The summed E-state index contributed by atoms with van der Waals surface area (Å²) in [5.74, 6) is -3.65. The van der Waals surface area contributed by atoms with Crippen LogP contribution in [0.5, 0.6) is 0 Å². The van der Waals surface area contributed by atoms with Gasteiger partial charge in [0.15, 0.2) is 12.2 Å². The minimum Gasteiger partial charge on any atom is -0.458 e.